The molecule has 0 aliphatic carbocycles. The minimum Gasteiger partial charge on any atom is -0.478 e. The summed E-state index contributed by atoms with van der Waals surface area (Å²) in [6.45, 7) is 2.07. The number of hydrogen-bond acceptors (Lipinski definition) is 3. The van der Waals surface area contributed by atoms with Crippen molar-refractivity contribution < 1.29 is 9.90 Å². The van der Waals surface area contributed by atoms with Crippen molar-refractivity contribution in [2.45, 2.75) is 13.3 Å². The van der Waals surface area contributed by atoms with Gasteiger partial charge in [0.2, 0.25) is 0 Å². The van der Waals surface area contributed by atoms with Crippen molar-refractivity contribution in [1.29, 1.82) is 0 Å². The highest BCUT2D eigenvalue weighted by atomic mass is 16.4. The van der Waals surface area contributed by atoms with E-state index in [1.54, 1.807) is 12.1 Å². The second-order valence-corrected chi connectivity index (χ2v) is 4.25. The summed E-state index contributed by atoms with van der Waals surface area (Å²) < 4.78 is 0. The van der Waals surface area contributed by atoms with E-state index in [1.807, 2.05) is 24.3 Å². The van der Waals surface area contributed by atoms with Gasteiger partial charge in [-0.1, -0.05) is 25.1 Å². The molecule has 4 heteroatoms. The highest BCUT2D eigenvalue weighted by Crippen LogP contribution is 2.27. The second-order valence-electron chi connectivity index (χ2n) is 4.25. The average Bonchev–Trinajstić information content (AvgIpc) is 2.41. The largest absolute Gasteiger partial charge is 0.478 e. The van der Waals surface area contributed by atoms with Gasteiger partial charge in [0.15, 0.2) is 0 Å². The van der Waals surface area contributed by atoms with Crippen LogP contribution in [0, 0.1) is 0 Å². The van der Waals surface area contributed by atoms with Crippen molar-refractivity contribution in [3.63, 3.8) is 0 Å². The number of carbonyl (C=O) groups is 1. The van der Waals surface area contributed by atoms with Gasteiger partial charge in [-0.25, -0.2) is 4.79 Å². The van der Waals surface area contributed by atoms with Gasteiger partial charge in [0.25, 0.3) is 0 Å². The molecule has 2 aromatic rings. The normalized spacial score (nSPS) is 10.2. The van der Waals surface area contributed by atoms with Crippen LogP contribution in [0.5, 0.6) is 0 Å². The second kappa shape index (κ2) is 5.44. The van der Waals surface area contributed by atoms with E-state index in [9.17, 15) is 9.90 Å². The number of nitrogens with two attached hydrogens (primary N) is 1. The summed E-state index contributed by atoms with van der Waals surface area (Å²) in [6, 6.07) is 12.7. The zero-order chi connectivity index (χ0) is 13.8. The van der Waals surface area contributed by atoms with Gasteiger partial charge < -0.3 is 16.2 Å². The number of carboxylic acids is 1. The van der Waals surface area contributed by atoms with Crippen molar-refractivity contribution >= 4 is 23.0 Å². The van der Waals surface area contributed by atoms with E-state index in [0.29, 0.717) is 11.4 Å². The monoisotopic (exact) mass is 256 g/mol. The Labute approximate surface area is 111 Å². The zero-order valence-electron chi connectivity index (χ0n) is 10.7. The van der Waals surface area contributed by atoms with Gasteiger partial charge in [0.1, 0.15) is 0 Å². The number of anilines is 3. The maximum Gasteiger partial charge on any atom is 0.337 e. The molecular formula is C15H16N2O2. The summed E-state index contributed by atoms with van der Waals surface area (Å²) in [5.74, 6) is -0.999. The third-order valence-electron chi connectivity index (χ3n) is 2.93. The lowest BCUT2D eigenvalue weighted by molar-refractivity contribution is 0.0698. The number of rotatable bonds is 4. The molecule has 98 valence electrons. The SMILES string of the molecule is CCc1cccc(Nc2c(N)cccc2C(=O)O)c1. The van der Waals surface area contributed by atoms with Crippen LogP contribution < -0.4 is 11.1 Å². The van der Waals surface area contributed by atoms with E-state index in [-0.39, 0.29) is 5.56 Å². The van der Waals surface area contributed by atoms with E-state index in [1.165, 1.54) is 11.6 Å². The Morgan fingerprint density at radius 3 is 2.68 bits per heavy atom. The Morgan fingerprint density at radius 1 is 1.26 bits per heavy atom. The number of aromatic carboxylic acids is 1. The summed E-state index contributed by atoms with van der Waals surface area (Å²) in [5.41, 5.74) is 8.88. The van der Waals surface area contributed by atoms with Gasteiger partial charge in [-0.15, -0.1) is 0 Å². The molecule has 2 aromatic carbocycles. The van der Waals surface area contributed by atoms with Crippen LogP contribution in [-0.2, 0) is 6.42 Å². The van der Waals surface area contributed by atoms with Crippen LogP contribution >= 0.6 is 0 Å². The Balaban J connectivity index is 2.40. The molecule has 0 spiro atoms. The lowest BCUT2D eigenvalue weighted by Gasteiger charge is -2.13. The number of benzene rings is 2. The molecule has 0 saturated heterocycles. The lowest BCUT2D eigenvalue weighted by atomic mass is 10.1. The molecule has 0 bridgehead atoms. The molecule has 4 nitrogen and oxygen atoms in total. The van der Waals surface area contributed by atoms with E-state index in [0.717, 1.165) is 12.1 Å². The van der Waals surface area contributed by atoms with E-state index >= 15 is 0 Å². The van der Waals surface area contributed by atoms with Crippen LogP contribution in [0.15, 0.2) is 42.5 Å². The number of nitrogens with one attached hydrogen (secondary N) is 1. The molecule has 0 heterocycles. The topological polar surface area (TPSA) is 75.3 Å². The average molecular weight is 256 g/mol. The Bertz CT molecular complexity index is 609. The van der Waals surface area contributed by atoms with Crippen molar-refractivity contribution in [3.05, 3.63) is 53.6 Å². The maximum absolute atomic E-state index is 11.2. The standard InChI is InChI=1S/C15H16N2O2/c1-2-10-5-3-6-11(9-10)17-14-12(15(18)19)7-4-8-13(14)16/h3-9,17H,2,16H2,1H3,(H,18,19). The molecule has 0 amide bonds. The van der Waals surface area contributed by atoms with Gasteiger partial charge in [0.05, 0.1) is 16.9 Å². The maximum atomic E-state index is 11.2. The Hall–Kier alpha value is -2.49. The van der Waals surface area contributed by atoms with Crippen molar-refractivity contribution in [3.8, 4) is 0 Å². The van der Waals surface area contributed by atoms with Crippen LogP contribution in [0.1, 0.15) is 22.8 Å². The first-order chi connectivity index (χ1) is 9.11. The smallest absolute Gasteiger partial charge is 0.337 e. The van der Waals surface area contributed by atoms with E-state index in [2.05, 4.69) is 12.2 Å². The van der Waals surface area contributed by atoms with Crippen molar-refractivity contribution in [1.82, 2.24) is 0 Å². The number of carboxylic acid groups (broad SMARTS) is 1. The predicted molar refractivity (Wildman–Crippen MR) is 76.9 cm³/mol. The molecule has 0 radical (unpaired) electrons. The van der Waals surface area contributed by atoms with Crippen LogP contribution in [-0.4, -0.2) is 11.1 Å². The summed E-state index contributed by atoms with van der Waals surface area (Å²) >= 11 is 0. The third kappa shape index (κ3) is 2.85. The van der Waals surface area contributed by atoms with E-state index in [4.69, 9.17) is 5.73 Å². The summed E-state index contributed by atoms with van der Waals surface area (Å²) in [7, 11) is 0. The fraction of sp³-hybridized carbons (Fsp3) is 0.133. The fourth-order valence-corrected chi connectivity index (χ4v) is 1.90. The summed E-state index contributed by atoms with van der Waals surface area (Å²) in [6.07, 6.45) is 0.922. The van der Waals surface area contributed by atoms with Gasteiger partial charge in [-0.05, 0) is 36.2 Å². The molecule has 0 unspecified atom stereocenters. The molecule has 0 aromatic heterocycles. The molecule has 0 aliphatic heterocycles. The van der Waals surface area contributed by atoms with Crippen molar-refractivity contribution in [2.75, 3.05) is 11.1 Å². The Morgan fingerprint density at radius 2 is 2.00 bits per heavy atom. The van der Waals surface area contributed by atoms with Crippen LogP contribution in [0.4, 0.5) is 17.1 Å². The number of para-hydroxylation sites is 1. The first kappa shape index (κ1) is 13.0. The predicted octanol–water partition coefficient (Wildman–Crippen LogP) is 3.27. The number of nitrogen functional groups attached to an aromatic ring is 1. The number of hydrogen-bond donors (Lipinski definition) is 3. The van der Waals surface area contributed by atoms with Gasteiger partial charge >= 0.3 is 5.97 Å². The molecule has 0 aliphatic rings. The highest BCUT2D eigenvalue weighted by molar-refractivity contribution is 5.98. The van der Waals surface area contributed by atoms with Gasteiger partial charge in [0, 0.05) is 5.69 Å². The summed E-state index contributed by atoms with van der Waals surface area (Å²) in [5, 5.41) is 12.3. The summed E-state index contributed by atoms with van der Waals surface area (Å²) in [4.78, 5) is 11.2. The lowest BCUT2D eigenvalue weighted by Crippen LogP contribution is -2.05. The van der Waals surface area contributed by atoms with Crippen LogP contribution in [0.2, 0.25) is 0 Å². The molecule has 0 saturated carbocycles. The molecule has 4 N–H and O–H groups in total. The minimum absolute atomic E-state index is 0.168. The van der Waals surface area contributed by atoms with Gasteiger partial charge in [-0.3, -0.25) is 0 Å². The first-order valence-corrected chi connectivity index (χ1v) is 6.09. The molecular weight excluding hydrogens is 240 g/mol. The van der Waals surface area contributed by atoms with Crippen LogP contribution in [0.25, 0.3) is 0 Å². The third-order valence-corrected chi connectivity index (χ3v) is 2.93. The molecule has 0 atom stereocenters. The van der Waals surface area contributed by atoms with Crippen molar-refractivity contribution in [2.24, 2.45) is 0 Å². The van der Waals surface area contributed by atoms with Crippen LogP contribution in [0.3, 0.4) is 0 Å². The highest BCUT2D eigenvalue weighted by Gasteiger charge is 2.12. The van der Waals surface area contributed by atoms with Gasteiger partial charge in [-0.2, -0.15) is 0 Å². The zero-order valence-corrected chi connectivity index (χ0v) is 10.7. The number of aryl methyl sites for hydroxylation is 1. The molecule has 19 heavy (non-hydrogen) atoms. The first-order valence-electron chi connectivity index (χ1n) is 6.09. The molecule has 2 rings (SSSR count). The molecule has 0 fully saturated rings. The Kier molecular flexibility index (Phi) is 3.71. The quantitative estimate of drug-likeness (QED) is 0.734. The minimum atomic E-state index is -0.999. The van der Waals surface area contributed by atoms with E-state index < -0.39 is 5.97 Å². The fourth-order valence-electron chi connectivity index (χ4n) is 1.90.